The number of hydrogen-bond donors (Lipinski definition) is 1. The van der Waals surface area contributed by atoms with E-state index in [1.165, 1.54) is 5.56 Å². The summed E-state index contributed by atoms with van der Waals surface area (Å²) in [4.78, 5) is 13.9. The molecule has 5 fully saturated rings. The second-order valence-corrected chi connectivity index (χ2v) is 11.8. The number of benzene rings is 1. The third-order valence-corrected chi connectivity index (χ3v) is 9.23. The Morgan fingerprint density at radius 2 is 1.90 bits per heavy atom. The highest BCUT2D eigenvalue weighted by atomic mass is 19.1. The largest absolute Gasteiger partial charge is 0.316 e. The number of piperidine rings is 1. The van der Waals surface area contributed by atoms with Crippen molar-refractivity contribution in [1.29, 1.82) is 0 Å². The van der Waals surface area contributed by atoms with Crippen LogP contribution in [0.15, 0.2) is 30.3 Å². The first-order chi connectivity index (χ1) is 13.8. The molecule has 29 heavy (non-hydrogen) atoms. The topological polar surface area (TPSA) is 29.1 Å². The van der Waals surface area contributed by atoms with E-state index in [4.69, 9.17) is 0 Å². The fourth-order valence-corrected chi connectivity index (χ4v) is 8.25. The average molecular weight is 398 g/mol. The van der Waals surface area contributed by atoms with Gasteiger partial charge in [0.25, 0.3) is 0 Å². The quantitative estimate of drug-likeness (QED) is 0.715. The summed E-state index contributed by atoms with van der Waals surface area (Å²) in [5.41, 5.74) is 0.954. The minimum atomic E-state index is -0.289. The first kappa shape index (κ1) is 19.7. The lowest BCUT2D eigenvalue weighted by Crippen LogP contribution is -2.62. The number of carbonyl (C=O) groups excluding carboxylic acids is 1. The average Bonchev–Trinajstić information content (AvgIpc) is 2.69. The molecule has 1 saturated heterocycles. The Kier molecular flexibility index (Phi) is 4.52. The summed E-state index contributed by atoms with van der Waals surface area (Å²) in [5.74, 6) is 1.41. The molecule has 3 unspecified atom stereocenters. The molecule has 158 valence electrons. The van der Waals surface area contributed by atoms with E-state index >= 15 is 0 Å². The van der Waals surface area contributed by atoms with Crippen LogP contribution in [0.3, 0.4) is 0 Å². The third kappa shape index (κ3) is 3.10. The van der Waals surface area contributed by atoms with Gasteiger partial charge in [-0.2, -0.15) is 0 Å². The van der Waals surface area contributed by atoms with Gasteiger partial charge in [-0.3, -0.25) is 9.18 Å². The fourth-order valence-electron chi connectivity index (χ4n) is 8.25. The van der Waals surface area contributed by atoms with E-state index in [9.17, 15) is 9.18 Å². The molecule has 4 saturated carbocycles. The maximum Gasteiger partial charge on any atom is 0.139 e. The van der Waals surface area contributed by atoms with Gasteiger partial charge in [-0.05, 0) is 79.7 Å². The van der Waals surface area contributed by atoms with E-state index in [0.29, 0.717) is 24.0 Å². The standard InChI is InChI=1S/C26H36FNO/c1-23(2)18-28-9-8-21(23)10-22(29)26-13-19-11-24(15-26,17-27)14-25(12-19,16-26)20-6-4-3-5-7-20/h3-7,19,21,28H,8-18H2,1-2H3/t19?,21?,24-,25+,26?/m0/s1. The van der Waals surface area contributed by atoms with E-state index in [1.54, 1.807) is 0 Å². The summed E-state index contributed by atoms with van der Waals surface area (Å²) >= 11 is 0. The first-order valence-electron chi connectivity index (χ1n) is 11.7. The molecule has 2 nitrogen and oxygen atoms in total. The highest BCUT2D eigenvalue weighted by Crippen LogP contribution is 2.70. The van der Waals surface area contributed by atoms with Crippen LogP contribution in [0.2, 0.25) is 0 Å². The van der Waals surface area contributed by atoms with Crippen LogP contribution in [-0.2, 0) is 10.2 Å². The summed E-state index contributed by atoms with van der Waals surface area (Å²) in [6.07, 6.45) is 7.60. The zero-order valence-corrected chi connectivity index (χ0v) is 18.1. The van der Waals surface area contributed by atoms with Crippen molar-refractivity contribution in [3.05, 3.63) is 35.9 Å². The summed E-state index contributed by atoms with van der Waals surface area (Å²) in [6, 6.07) is 10.7. The number of rotatable bonds is 5. The molecule has 5 atom stereocenters. The van der Waals surface area contributed by atoms with Crippen molar-refractivity contribution >= 4 is 5.78 Å². The van der Waals surface area contributed by atoms with E-state index in [0.717, 1.165) is 58.0 Å². The zero-order valence-electron chi connectivity index (χ0n) is 18.1. The molecule has 5 aliphatic rings. The van der Waals surface area contributed by atoms with Gasteiger partial charge in [0.05, 0.1) is 6.67 Å². The monoisotopic (exact) mass is 397 g/mol. The van der Waals surface area contributed by atoms with Crippen molar-refractivity contribution < 1.29 is 9.18 Å². The lowest BCUT2D eigenvalue weighted by molar-refractivity contribution is -0.164. The van der Waals surface area contributed by atoms with Crippen molar-refractivity contribution in [2.75, 3.05) is 19.8 Å². The first-order valence-corrected chi connectivity index (χ1v) is 11.7. The van der Waals surface area contributed by atoms with Crippen molar-refractivity contribution in [3.8, 4) is 0 Å². The Morgan fingerprint density at radius 1 is 1.10 bits per heavy atom. The molecule has 4 aliphatic carbocycles. The van der Waals surface area contributed by atoms with Gasteiger partial charge >= 0.3 is 0 Å². The molecular weight excluding hydrogens is 361 g/mol. The molecule has 0 aromatic heterocycles. The Bertz CT molecular complexity index is 791. The van der Waals surface area contributed by atoms with Crippen molar-refractivity contribution in [1.82, 2.24) is 5.32 Å². The van der Waals surface area contributed by atoms with Gasteiger partial charge in [-0.25, -0.2) is 0 Å². The number of alkyl halides is 1. The van der Waals surface area contributed by atoms with Crippen LogP contribution in [0.4, 0.5) is 4.39 Å². The van der Waals surface area contributed by atoms with Crippen LogP contribution in [0.1, 0.15) is 70.8 Å². The van der Waals surface area contributed by atoms with Crippen LogP contribution in [0.5, 0.6) is 0 Å². The van der Waals surface area contributed by atoms with E-state index < -0.39 is 0 Å². The minimum Gasteiger partial charge on any atom is -0.316 e. The summed E-state index contributed by atoms with van der Waals surface area (Å²) in [7, 11) is 0. The predicted molar refractivity (Wildman–Crippen MR) is 115 cm³/mol. The lowest BCUT2D eigenvalue weighted by Gasteiger charge is -2.66. The Hall–Kier alpha value is -1.22. The van der Waals surface area contributed by atoms with Gasteiger partial charge in [0.2, 0.25) is 0 Å². The van der Waals surface area contributed by atoms with Gasteiger partial charge in [0.15, 0.2) is 0 Å². The highest BCUT2D eigenvalue weighted by molar-refractivity contribution is 5.86. The smallest absolute Gasteiger partial charge is 0.139 e. The number of carbonyl (C=O) groups is 1. The van der Waals surface area contributed by atoms with E-state index in [2.05, 4.69) is 49.5 Å². The van der Waals surface area contributed by atoms with Gasteiger partial charge in [0, 0.05) is 23.8 Å². The molecule has 1 aliphatic heterocycles. The molecule has 6 rings (SSSR count). The SMILES string of the molecule is CC1(C)CNCCC1CC(=O)C12CC3C[C@@](CF)(C1)C[C@](c1ccccc1)(C3)C2. The van der Waals surface area contributed by atoms with E-state index in [-0.39, 0.29) is 28.3 Å². The molecule has 0 radical (unpaired) electrons. The van der Waals surface area contributed by atoms with Crippen LogP contribution < -0.4 is 5.32 Å². The van der Waals surface area contributed by atoms with Gasteiger partial charge in [0.1, 0.15) is 5.78 Å². The summed E-state index contributed by atoms with van der Waals surface area (Å²) in [6.45, 7) is 6.34. The summed E-state index contributed by atoms with van der Waals surface area (Å²) < 4.78 is 14.5. The molecule has 1 aromatic rings. The molecule has 4 bridgehead atoms. The Morgan fingerprint density at radius 3 is 2.62 bits per heavy atom. The number of hydrogen-bond acceptors (Lipinski definition) is 2. The number of ketones is 1. The lowest BCUT2D eigenvalue weighted by atomic mass is 9.37. The van der Waals surface area contributed by atoms with Gasteiger partial charge in [-0.15, -0.1) is 0 Å². The molecule has 3 heteroatoms. The van der Waals surface area contributed by atoms with Gasteiger partial charge < -0.3 is 5.32 Å². The minimum absolute atomic E-state index is 0.00602. The number of nitrogens with one attached hydrogen (secondary N) is 1. The van der Waals surface area contributed by atoms with Crippen LogP contribution in [-0.4, -0.2) is 25.5 Å². The van der Waals surface area contributed by atoms with Crippen LogP contribution in [0.25, 0.3) is 0 Å². The molecule has 0 spiro atoms. The maximum atomic E-state index is 14.5. The Balaban J connectivity index is 1.48. The number of halogens is 1. The molecule has 1 N–H and O–H groups in total. The second kappa shape index (κ2) is 6.64. The third-order valence-electron chi connectivity index (χ3n) is 9.23. The van der Waals surface area contributed by atoms with Crippen LogP contribution in [0, 0.1) is 28.1 Å². The second-order valence-electron chi connectivity index (χ2n) is 11.8. The molecular formula is C26H36FNO. The normalized spacial score (nSPS) is 42.7. The van der Waals surface area contributed by atoms with Crippen LogP contribution >= 0.6 is 0 Å². The zero-order chi connectivity index (χ0) is 20.3. The fraction of sp³-hybridized carbons (Fsp3) is 0.731. The highest BCUT2D eigenvalue weighted by Gasteiger charge is 2.65. The van der Waals surface area contributed by atoms with Crippen molar-refractivity contribution in [2.24, 2.45) is 28.1 Å². The van der Waals surface area contributed by atoms with Crippen molar-refractivity contribution in [2.45, 2.75) is 70.6 Å². The predicted octanol–water partition coefficient (Wildman–Crippen LogP) is 5.46. The Labute approximate surface area is 175 Å². The number of Topliss-reactive ketones (excluding diaryl/α,β-unsaturated/α-hetero) is 1. The van der Waals surface area contributed by atoms with E-state index in [1.807, 2.05) is 0 Å². The van der Waals surface area contributed by atoms with Crippen molar-refractivity contribution in [3.63, 3.8) is 0 Å². The molecule has 0 amide bonds. The molecule has 1 heterocycles. The van der Waals surface area contributed by atoms with Gasteiger partial charge in [-0.1, -0.05) is 44.2 Å². The summed E-state index contributed by atoms with van der Waals surface area (Å²) in [5, 5.41) is 3.50. The maximum absolute atomic E-state index is 14.5. The molecule has 1 aromatic carbocycles.